The molecule has 0 spiro atoms. The molecule has 0 saturated carbocycles. The van der Waals surface area contributed by atoms with E-state index in [1.807, 2.05) is 30.3 Å². The van der Waals surface area contributed by atoms with Crippen molar-refractivity contribution in [3.05, 3.63) is 140 Å². The summed E-state index contributed by atoms with van der Waals surface area (Å²) in [6.45, 7) is 0. The van der Waals surface area contributed by atoms with Crippen LogP contribution in [0, 0.1) is 0 Å². The molecule has 0 saturated heterocycles. The highest BCUT2D eigenvalue weighted by Crippen LogP contribution is 2.34. The molecule has 8 aromatic rings. The van der Waals surface area contributed by atoms with Gasteiger partial charge >= 0.3 is 0 Å². The molecule has 0 N–H and O–H groups in total. The van der Waals surface area contributed by atoms with Gasteiger partial charge in [0.1, 0.15) is 0 Å². The highest BCUT2D eigenvalue weighted by molar-refractivity contribution is 6.17. The molecular weight excluding hydrogens is 486 g/mol. The summed E-state index contributed by atoms with van der Waals surface area (Å²) < 4.78 is 0. The SMILES string of the molecule is c1ccc(-c2nc(-c3ccc4ccc5c6ccccc6ccc5c4c3)nc(-c3cccc4ccccc34)n2)cc1. The quantitative estimate of drug-likeness (QED) is 0.223. The van der Waals surface area contributed by atoms with Crippen LogP contribution in [0.3, 0.4) is 0 Å². The predicted molar refractivity (Wildman–Crippen MR) is 166 cm³/mol. The van der Waals surface area contributed by atoms with Crippen molar-refractivity contribution in [1.29, 1.82) is 0 Å². The lowest BCUT2D eigenvalue weighted by atomic mass is 9.96. The average Bonchev–Trinajstić information content (AvgIpc) is 3.04. The lowest BCUT2D eigenvalue weighted by Gasteiger charge is -2.12. The molecule has 0 aliphatic heterocycles. The first-order chi connectivity index (χ1) is 19.8. The topological polar surface area (TPSA) is 38.7 Å². The van der Waals surface area contributed by atoms with Gasteiger partial charge in [0.15, 0.2) is 17.5 Å². The fourth-order valence-corrected chi connectivity index (χ4v) is 5.72. The monoisotopic (exact) mass is 509 g/mol. The number of nitrogens with zero attached hydrogens (tertiary/aromatic N) is 3. The molecule has 0 radical (unpaired) electrons. The summed E-state index contributed by atoms with van der Waals surface area (Å²) in [5, 5.41) is 9.65. The first-order valence-electron chi connectivity index (χ1n) is 13.5. The molecule has 1 aromatic heterocycles. The van der Waals surface area contributed by atoms with Crippen molar-refractivity contribution in [2.45, 2.75) is 0 Å². The Kier molecular flexibility index (Phi) is 5.14. The lowest BCUT2D eigenvalue weighted by molar-refractivity contribution is 1.08. The van der Waals surface area contributed by atoms with Crippen LogP contribution in [0.5, 0.6) is 0 Å². The molecule has 7 aromatic carbocycles. The van der Waals surface area contributed by atoms with E-state index in [0.29, 0.717) is 17.5 Å². The van der Waals surface area contributed by atoms with Crippen LogP contribution in [0.25, 0.3) is 77.3 Å². The van der Waals surface area contributed by atoms with E-state index in [-0.39, 0.29) is 0 Å². The van der Waals surface area contributed by atoms with E-state index in [2.05, 4.69) is 109 Å². The Balaban J connectivity index is 1.38. The van der Waals surface area contributed by atoms with Crippen LogP contribution in [-0.4, -0.2) is 15.0 Å². The second kappa shape index (κ2) is 9.11. The van der Waals surface area contributed by atoms with Gasteiger partial charge in [0.2, 0.25) is 0 Å². The minimum atomic E-state index is 0.663. The molecule has 0 unspecified atom stereocenters. The zero-order valence-electron chi connectivity index (χ0n) is 21.6. The first kappa shape index (κ1) is 22.6. The molecule has 0 aliphatic rings. The number of rotatable bonds is 3. The van der Waals surface area contributed by atoms with Crippen molar-refractivity contribution in [2.24, 2.45) is 0 Å². The van der Waals surface area contributed by atoms with Crippen LogP contribution >= 0.6 is 0 Å². The Labute approximate surface area is 231 Å². The highest BCUT2D eigenvalue weighted by Gasteiger charge is 2.15. The number of hydrogen-bond donors (Lipinski definition) is 0. The molecule has 1 heterocycles. The summed E-state index contributed by atoms with van der Waals surface area (Å²) in [5.74, 6) is 2.00. The van der Waals surface area contributed by atoms with Gasteiger partial charge in [-0.25, -0.2) is 15.0 Å². The summed E-state index contributed by atoms with van der Waals surface area (Å²) in [4.78, 5) is 15.0. The molecule has 0 aliphatic carbocycles. The maximum atomic E-state index is 5.06. The fourth-order valence-electron chi connectivity index (χ4n) is 5.72. The minimum absolute atomic E-state index is 0.663. The van der Waals surface area contributed by atoms with Crippen molar-refractivity contribution in [3.8, 4) is 34.2 Å². The van der Waals surface area contributed by atoms with E-state index in [9.17, 15) is 0 Å². The van der Waals surface area contributed by atoms with Gasteiger partial charge in [0.05, 0.1) is 0 Å². The van der Waals surface area contributed by atoms with Crippen LogP contribution in [-0.2, 0) is 0 Å². The summed E-state index contributed by atoms with van der Waals surface area (Å²) in [6.07, 6.45) is 0. The normalized spacial score (nSPS) is 11.5. The largest absolute Gasteiger partial charge is 0.208 e. The van der Waals surface area contributed by atoms with E-state index in [1.54, 1.807) is 0 Å². The van der Waals surface area contributed by atoms with Gasteiger partial charge in [-0.15, -0.1) is 0 Å². The summed E-state index contributed by atoms with van der Waals surface area (Å²) in [5.41, 5.74) is 2.93. The molecule has 0 bridgehead atoms. The van der Waals surface area contributed by atoms with E-state index in [4.69, 9.17) is 15.0 Å². The van der Waals surface area contributed by atoms with Crippen LogP contribution in [0.1, 0.15) is 0 Å². The third kappa shape index (κ3) is 3.71. The molecule has 0 fully saturated rings. The second-order valence-electron chi connectivity index (χ2n) is 10.1. The molecule has 40 heavy (non-hydrogen) atoms. The summed E-state index contributed by atoms with van der Waals surface area (Å²) >= 11 is 0. The molecule has 186 valence electrons. The molecule has 3 heteroatoms. The van der Waals surface area contributed by atoms with Gasteiger partial charge in [-0.1, -0.05) is 133 Å². The summed E-state index contributed by atoms with van der Waals surface area (Å²) in [6, 6.07) is 48.7. The Morgan fingerprint density at radius 3 is 1.65 bits per heavy atom. The van der Waals surface area contributed by atoms with Crippen LogP contribution in [0.15, 0.2) is 140 Å². The zero-order chi connectivity index (χ0) is 26.5. The van der Waals surface area contributed by atoms with E-state index >= 15 is 0 Å². The van der Waals surface area contributed by atoms with Gasteiger partial charge in [-0.2, -0.15) is 0 Å². The number of benzene rings is 7. The lowest BCUT2D eigenvalue weighted by Crippen LogP contribution is -2.00. The highest BCUT2D eigenvalue weighted by atomic mass is 15.0. The van der Waals surface area contributed by atoms with Crippen molar-refractivity contribution in [1.82, 2.24) is 15.0 Å². The smallest absolute Gasteiger partial charge is 0.164 e. The van der Waals surface area contributed by atoms with Crippen LogP contribution in [0.4, 0.5) is 0 Å². The maximum Gasteiger partial charge on any atom is 0.164 e. The Hall–Kier alpha value is -5.41. The second-order valence-corrected chi connectivity index (χ2v) is 10.1. The standard InChI is InChI=1S/C37H23N3/c1-2-11-27(12-3-1)35-38-36(40-37(39-35)33-16-8-13-24-9-4-7-15-30(24)33)28-18-17-26-20-21-31-29-14-6-5-10-25(29)19-22-32(31)34(26)23-28/h1-23H. The Bertz CT molecular complexity index is 2210. The van der Waals surface area contributed by atoms with Crippen LogP contribution < -0.4 is 0 Å². The van der Waals surface area contributed by atoms with Crippen molar-refractivity contribution >= 4 is 43.1 Å². The van der Waals surface area contributed by atoms with Gasteiger partial charge in [-0.3, -0.25) is 0 Å². The van der Waals surface area contributed by atoms with Crippen LogP contribution in [0.2, 0.25) is 0 Å². The van der Waals surface area contributed by atoms with Crippen molar-refractivity contribution in [2.75, 3.05) is 0 Å². The maximum absolute atomic E-state index is 5.06. The molecular formula is C37H23N3. The predicted octanol–water partition coefficient (Wildman–Crippen LogP) is 9.49. The molecule has 3 nitrogen and oxygen atoms in total. The average molecular weight is 510 g/mol. The molecule has 8 rings (SSSR count). The van der Waals surface area contributed by atoms with Gasteiger partial charge < -0.3 is 0 Å². The molecule has 0 atom stereocenters. The van der Waals surface area contributed by atoms with Crippen molar-refractivity contribution < 1.29 is 0 Å². The number of hydrogen-bond acceptors (Lipinski definition) is 3. The van der Waals surface area contributed by atoms with Gasteiger partial charge in [-0.05, 0) is 49.2 Å². The zero-order valence-corrected chi connectivity index (χ0v) is 21.6. The van der Waals surface area contributed by atoms with E-state index in [0.717, 1.165) is 27.5 Å². The third-order valence-corrected chi connectivity index (χ3v) is 7.70. The Morgan fingerprint density at radius 2 is 0.850 bits per heavy atom. The van der Waals surface area contributed by atoms with E-state index in [1.165, 1.54) is 32.3 Å². The van der Waals surface area contributed by atoms with Gasteiger partial charge in [0.25, 0.3) is 0 Å². The van der Waals surface area contributed by atoms with Gasteiger partial charge in [0, 0.05) is 16.7 Å². The minimum Gasteiger partial charge on any atom is -0.208 e. The van der Waals surface area contributed by atoms with E-state index < -0.39 is 0 Å². The number of fused-ring (bicyclic) bond motifs is 6. The van der Waals surface area contributed by atoms with Crippen molar-refractivity contribution in [3.63, 3.8) is 0 Å². The fraction of sp³-hybridized carbons (Fsp3) is 0. The Morgan fingerprint density at radius 1 is 0.300 bits per heavy atom. The summed E-state index contributed by atoms with van der Waals surface area (Å²) in [7, 11) is 0. The number of aromatic nitrogens is 3. The molecule has 0 amide bonds. The first-order valence-corrected chi connectivity index (χ1v) is 13.5. The third-order valence-electron chi connectivity index (χ3n) is 7.70.